The van der Waals surface area contributed by atoms with Crippen LogP contribution in [0.4, 0.5) is 5.82 Å². The Morgan fingerprint density at radius 2 is 2.22 bits per heavy atom. The molecule has 0 aliphatic carbocycles. The van der Waals surface area contributed by atoms with E-state index in [1.807, 2.05) is 0 Å². The number of nitrogens with zero attached hydrogens (tertiary/aromatic N) is 3. The zero-order chi connectivity index (χ0) is 12.4. The molecule has 0 aromatic carbocycles. The van der Waals surface area contributed by atoms with Gasteiger partial charge in [0.2, 0.25) is 0 Å². The van der Waals surface area contributed by atoms with Crippen LogP contribution in [0.1, 0.15) is 19.8 Å². The van der Waals surface area contributed by atoms with Crippen LogP contribution in [0.15, 0.2) is 17.8 Å². The van der Waals surface area contributed by atoms with Gasteiger partial charge in [-0.25, -0.2) is 9.97 Å². The molecule has 18 heavy (non-hydrogen) atoms. The minimum absolute atomic E-state index is 0.418. The number of anilines is 1. The lowest BCUT2D eigenvalue weighted by atomic mass is 10.3. The van der Waals surface area contributed by atoms with E-state index in [2.05, 4.69) is 38.6 Å². The SMILES string of the molecule is CC(CN1CCCC1)Nc1ncnc2sccc12. The van der Waals surface area contributed by atoms with Gasteiger partial charge >= 0.3 is 0 Å². The Labute approximate surface area is 111 Å². The first-order chi connectivity index (χ1) is 8.83. The Hall–Kier alpha value is -1.20. The Balaban J connectivity index is 1.69. The first kappa shape index (κ1) is 11.9. The van der Waals surface area contributed by atoms with Gasteiger partial charge in [-0.1, -0.05) is 0 Å². The van der Waals surface area contributed by atoms with E-state index in [0.29, 0.717) is 6.04 Å². The zero-order valence-corrected chi connectivity index (χ0v) is 11.4. The van der Waals surface area contributed by atoms with E-state index >= 15 is 0 Å². The quantitative estimate of drug-likeness (QED) is 0.919. The number of aromatic nitrogens is 2. The average molecular weight is 262 g/mol. The fraction of sp³-hybridized carbons (Fsp3) is 0.538. The highest BCUT2D eigenvalue weighted by Gasteiger charge is 2.15. The van der Waals surface area contributed by atoms with E-state index in [9.17, 15) is 0 Å². The minimum atomic E-state index is 0.418. The lowest BCUT2D eigenvalue weighted by Crippen LogP contribution is -2.33. The fourth-order valence-corrected chi connectivity index (χ4v) is 3.27. The Kier molecular flexibility index (Phi) is 3.43. The number of nitrogens with one attached hydrogen (secondary N) is 1. The van der Waals surface area contributed by atoms with Crippen LogP contribution < -0.4 is 5.32 Å². The smallest absolute Gasteiger partial charge is 0.138 e. The third-order valence-electron chi connectivity index (χ3n) is 3.38. The predicted octanol–water partition coefficient (Wildman–Crippen LogP) is 2.59. The molecule has 4 nitrogen and oxygen atoms in total. The highest BCUT2D eigenvalue weighted by atomic mass is 32.1. The molecule has 2 aromatic rings. The van der Waals surface area contributed by atoms with Crippen molar-refractivity contribution in [1.82, 2.24) is 14.9 Å². The molecule has 3 rings (SSSR count). The van der Waals surface area contributed by atoms with Crippen LogP contribution >= 0.6 is 11.3 Å². The minimum Gasteiger partial charge on any atom is -0.366 e. The summed E-state index contributed by atoms with van der Waals surface area (Å²) in [4.78, 5) is 12.2. The van der Waals surface area contributed by atoms with Crippen molar-refractivity contribution in [3.05, 3.63) is 17.8 Å². The molecule has 5 heteroatoms. The maximum absolute atomic E-state index is 4.36. The van der Waals surface area contributed by atoms with Crippen molar-refractivity contribution in [3.63, 3.8) is 0 Å². The van der Waals surface area contributed by atoms with Crippen LogP contribution in [0.5, 0.6) is 0 Å². The molecule has 0 saturated carbocycles. The molecule has 0 spiro atoms. The van der Waals surface area contributed by atoms with Crippen molar-refractivity contribution in [3.8, 4) is 0 Å². The van der Waals surface area contributed by atoms with Gasteiger partial charge in [0.15, 0.2) is 0 Å². The summed E-state index contributed by atoms with van der Waals surface area (Å²) < 4.78 is 0. The largest absolute Gasteiger partial charge is 0.366 e. The Bertz CT molecular complexity index is 518. The lowest BCUT2D eigenvalue weighted by molar-refractivity contribution is 0.327. The molecule has 1 atom stereocenters. The van der Waals surface area contributed by atoms with Gasteiger partial charge in [0, 0.05) is 12.6 Å². The summed E-state index contributed by atoms with van der Waals surface area (Å²) in [5.41, 5.74) is 0. The fourth-order valence-electron chi connectivity index (χ4n) is 2.54. The van der Waals surface area contributed by atoms with Crippen molar-refractivity contribution in [2.75, 3.05) is 25.0 Å². The van der Waals surface area contributed by atoms with Crippen molar-refractivity contribution in [2.24, 2.45) is 0 Å². The number of fused-ring (bicyclic) bond motifs is 1. The number of hydrogen-bond donors (Lipinski definition) is 1. The van der Waals surface area contributed by atoms with E-state index in [1.165, 1.54) is 25.9 Å². The Morgan fingerprint density at radius 3 is 3.06 bits per heavy atom. The maximum Gasteiger partial charge on any atom is 0.138 e. The summed E-state index contributed by atoms with van der Waals surface area (Å²) in [6, 6.07) is 2.51. The third kappa shape index (κ3) is 2.47. The summed E-state index contributed by atoms with van der Waals surface area (Å²) in [5, 5.41) is 6.71. The highest BCUT2D eigenvalue weighted by Crippen LogP contribution is 2.24. The molecule has 0 amide bonds. The van der Waals surface area contributed by atoms with Crippen LogP contribution in [-0.4, -0.2) is 40.5 Å². The van der Waals surface area contributed by atoms with Gasteiger partial charge in [0.25, 0.3) is 0 Å². The molecule has 96 valence electrons. The van der Waals surface area contributed by atoms with Crippen molar-refractivity contribution >= 4 is 27.4 Å². The molecule has 1 unspecified atom stereocenters. The molecule has 0 radical (unpaired) electrons. The topological polar surface area (TPSA) is 41.0 Å². The van der Waals surface area contributed by atoms with Gasteiger partial charge in [-0.05, 0) is 44.3 Å². The normalized spacial score (nSPS) is 18.3. The van der Waals surface area contributed by atoms with Gasteiger partial charge in [0.1, 0.15) is 17.0 Å². The van der Waals surface area contributed by atoms with Crippen molar-refractivity contribution < 1.29 is 0 Å². The predicted molar refractivity (Wildman–Crippen MR) is 76.2 cm³/mol. The van der Waals surface area contributed by atoms with E-state index < -0.39 is 0 Å². The van der Waals surface area contributed by atoms with E-state index in [0.717, 1.165) is 22.6 Å². The van der Waals surface area contributed by atoms with Gasteiger partial charge in [-0.3, -0.25) is 0 Å². The molecule has 1 N–H and O–H groups in total. The van der Waals surface area contributed by atoms with Crippen molar-refractivity contribution in [1.29, 1.82) is 0 Å². The molecule has 3 heterocycles. The summed E-state index contributed by atoms with van der Waals surface area (Å²) in [7, 11) is 0. The van der Waals surface area contributed by atoms with Crippen LogP contribution in [0.2, 0.25) is 0 Å². The van der Waals surface area contributed by atoms with Gasteiger partial charge < -0.3 is 10.2 Å². The number of likely N-dealkylation sites (tertiary alicyclic amines) is 1. The third-order valence-corrected chi connectivity index (χ3v) is 4.20. The highest BCUT2D eigenvalue weighted by molar-refractivity contribution is 7.16. The zero-order valence-electron chi connectivity index (χ0n) is 10.6. The number of rotatable bonds is 4. The second-order valence-corrected chi connectivity index (χ2v) is 5.81. The summed E-state index contributed by atoms with van der Waals surface area (Å²) in [6.07, 6.45) is 4.33. The van der Waals surface area contributed by atoms with Gasteiger partial charge in [-0.15, -0.1) is 11.3 Å². The number of thiophene rings is 1. The molecular formula is C13H18N4S. The summed E-state index contributed by atoms with van der Waals surface area (Å²) >= 11 is 1.66. The molecule has 0 bridgehead atoms. The standard InChI is InChI=1S/C13H18N4S/c1-10(8-17-5-2-3-6-17)16-12-11-4-7-18-13(11)15-9-14-12/h4,7,9-10H,2-3,5-6,8H2,1H3,(H,14,15,16). The van der Waals surface area contributed by atoms with Gasteiger partial charge in [-0.2, -0.15) is 0 Å². The van der Waals surface area contributed by atoms with Crippen LogP contribution in [0.3, 0.4) is 0 Å². The first-order valence-corrected chi connectivity index (χ1v) is 7.38. The molecule has 1 aliphatic rings. The second-order valence-electron chi connectivity index (χ2n) is 4.91. The van der Waals surface area contributed by atoms with Gasteiger partial charge in [0.05, 0.1) is 5.39 Å². The van der Waals surface area contributed by atoms with Crippen LogP contribution in [-0.2, 0) is 0 Å². The van der Waals surface area contributed by atoms with E-state index in [1.54, 1.807) is 17.7 Å². The summed E-state index contributed by atoms with van der Waals surface area (Å²) in [5.74, 6) is 0.966. The number of hydrogen-bond acceptors (Lipinski definition) is 5. The maximum atomic E-state index is 4.36. The van der Waals surface area contributed by atoms with Crippen molar-refractivity contribution in [2.45, 2.75) is 25.8 Å². The van der Waals surface area contributed by atoms with Crippen LogP contribution in [0.25, 0.3) is 10.2 Å². The molecule has 1 fully saturated rings. The van der Waals surface area contributed by atoms with Crippen LogP contribution in [0, 0.1) is 0 Å². The van der Waals surface area contributed by atoms with E-state index in [4.69, 9.17) is 0 Å². The lowest BCUT2D eigenvalue weighted by Gasteiger charge is -2.21. The second kappa shape index (κ2) is 5.20. The molecule has 2 aromatic heterocycles. The molecule has 1 saturated heterocycles. The molecule has 1 aliphatic heterocycles. The molecular weight excluding hydrogens is 244 g/mol. The monoisotopic (exact) mass is 262 g/mol. The van der Waals surface area contributed by atoms with E-state index in [-0.39, 0.29) is 0 Å². The average Bonchev–Trinajstić information content (AvgIpc) is 2.99. The summed E-state index contributed by atoms with van der Waals surface area (Å²) in [6.45, 7) is 5.79. The first-order valence-electron chi connectivity index (χ1n) is 6.50. The Morgan fingerprint density at radius 1 is 1.39 bits per heavy atom.